The van der Waals surface area contributed by atoms with Crippen molar-refractivity contribution >= 4 is 22.9 Å². The normalized spacial score (nSPS) is 15.7. The molecule has 0 spiro atoms. The van der Waals surface area contributed by atoms with E-state index in [1.165, 1.54) is 0 Å². The number of rotatable bonds is 7. The Labute approximate surface area is 179 Å². The smallest absolute Gasteiger partial charge is 0.286 e. The van der Waals surface area contributed by atoms with Gasteiger partial charge in [-0.2, -0.15) is 0 Å². The second-order valence-corrected chi connectivity index (χ2v) is 8.12. The van der Waals surface area contributed by atoms with Gasteiger partial charge in [0, 0.05) is 0 Å². The molecule has 3 aromatic carbocycles. The summed E-state index contributed by atoms with van der Waals surface area (Å²) in [6, 6.07) is 23.9. The highest BCUT2D eigenvalue weighted by Gasteiger charge is 2.31. The van der Waals surface area contributed by atoms with E-state index >= 15 is 0 Å². The molecule has 152 valence electrons. The molecule has 3 aromatic rings. The molecule has 1 N–H and O–H groups in total. The van der Waals surface area contributed by atoms with Gasteiger partial charge in [0.05, 0.1) is 12.4 Å². The predicted molar refractivity (Wildman–Crippen MR) is 118 cm³/mol. The van der Waals surface area contributed by atoms with E-state index < -0.39 is 0 Å². The molecule has 2 amide bonds. The zero-order valence-corrected chi connectivity index (χ0v) is 17.3. The van der Waals surface area contributed by atoms with Gasteiger partial charge in [-0.15, -0.1) is 0 Å². The predicted octanol–water partition coefficient (Wildman–Crippen LogP) is 4.84. The zero-order valence-electron chi connectivity index (χ0n) is 16.5. The van der Waals surface area contributed by atoms with Crippen molar-refractivity contribution in [3.8, 4) is 22.6 Å². The van der Waals surface area contributed by atoms with Crippen LogP contribution in [0.5, 0.6) is 11.5 Å². The van der Waals surface area contributed by atoms with Gasteiger partial charge >= 0.3 is 0 Å². The molecule has 1 heterocycles. The molecule has 4 rings (SSSR count). The van der Waals surface area contributed by atoms with Gasteiger partial charge < -0.3 is 9.47 Å². The first-order valence-electron chi connectivity index (χ1n) is 9.57. The third-order valence-electron chi connectivity index (χ3n) is 4.89. The molecule has 0 aromatic heterocycles. The Morgan fingerprint density at radius 2 is 1.37 bits per heavy atom. The highest BCUT2D eigenvalue weighted by Crippen LogP contribution is 2.25. The lowest BCUT2D eigenvalue weighted by Gasteiger charge is -2.09. The lowest BCUT2D eigenvalue weighted by Crippen LogP contribution is -2.25. The Morgan fingerprint density at radius 3 is 1.93 bits per heavy atom. The maximum Gasteiger partial charge on any atom is 0.286 e. The highest BCUT2D eigenvalue weighted by molar-refractivity contribution is 8.15. The van der Waals surface area contributed by atoms with Crippen LogP contribution in [0.4, 0.5) is 4.79 Å². The quantitative estimate of drug-likeness (QED) is 0.594. The number of thioether (sulfide) groups is 1. The third-order valence-corrected chi connectivity index (χ3v) is 5.88. The van der Waals surface area contributed by atoms with Gasteiger partial charge in [0.25, 0.3) is 5.24 Å². The molecule has 1 aliphatic rings. The fraction of sp³-hybridized carbons (Fsp3) is 0.167. The van der Waals surface area contributed by atoms with Crippen LogP contribution in [0, 0.1) is 0 Å². The summed E-state index contributed by atoms with van der Waals surface area (Å²) in [6.45, 7) is 0.470. The van der Waals surface area contributed by atoms with Crippen LogP contribution in [0.15, 0.2) is 72.8 Å². The van der Waals surface area contributed by atoms with Crippen molar-refractivity contribution in [2.45, 2.75) is 18.3 Å². The topological polar surface area (TPSA) is 64.6 Å². The van der Waals surface area contributed by atoms with Crippen molar-refractivity contribution in [3.05, 3.63) is 83.9 Å². The molecule has 1 fully saturated rings. The summed E-state index contributed by atoms with van der Waals surface area (Å²) in [5.41, 5.74) is 4.34. The standard InChI is InChI=1S/C24H21NO4S/c1-28-20-12-8-19(9-13-20)18-6-2-17(3-7-18)15-29-21-10-4-16(5-11-21)14-22-23(26)25-24(27)30-22/h2-13,22H,14-15H2,1H3,(H,25,26,27). The van der Waals surface area contributed by atoms with Crippen molar-refractivity contribution in [2.75, 3.05) is 7.11 Å². The van der Waals surface area contributed by atoms with Crippen LogP contribution in [0.3, 0.4) is 0 Å². The molecule has 6 heteroatoms. The van der Waals surface area contributed by atoms with E-state index in [0.29, 0.717) is 13.0 Å². The van der Waals surface area contributed by atoms with Crippen LogP contribution < -0.4 is 14.8 Å². The number of carbonyl (C=O) groups excluding carboxylic acids is 2. The molecule has 30 heavy (non-hydrogen) atoms. The Morgan fingerprint density at radius 1 is 0.800 bits per heavy atom. The number of ether oxygens (including phenoxy) is 2. The van der Waals surface area contributed by atoms with Crippen molar-refractivity contribution in [2.24, 2.45) is 0 Å². The van der Waals surface area contributed by atoms with Crippen LogP contribution in [-0.2, 0) is 17.8 Å². The Hall–Kier alpha value is -3.25. The van der Waals surface area contributed by atoms with Crippen LogP contribution in [0.1, 0.15) is 11.1 Å². The largest absolute Gasteiger partial charge is 0.497 e. The van der Waals surface area contributed by atoms with E-state index in [4.69, 9.17) is 9.47 Å². The SMILES string of the molecule is COc1ccc(-c2ccc(COc3ccc(CC4SC(=O)NC4=O)cc3)cc2)cc1. The number of imide groups is 1. The molecular weight excluding hydrogens is 398 g/mol. The van der Waals surface area contributed by atoms with E-state index in [-0.39, 0.29) is 16.4 Å². The molecule has 1 saturated heterocycles. The van der Waals surface area contributed by atoms with Gasteiger partial charge in [0.1, 0.15) is 18.1 Å². The number of nitrogens with one attached hydrogen (secondary N) is 1. The van der Waals surface area contributed by atoms with E-state index in [1.54, 1.807) is 7.11 Å². The number of benzene rings is 3. The second kappa shape index (κ2) is 9.05. The molecule has 0 saturated carbocycles. The van der Waals surface area contributed by atoms with Gasteiger partial charge in [-0.05, 0) is 52.9 Å². The van der Waals surface area contributed by atoms with Gasteiger partial charge in [0.15, 0.2) is 0 Å². The number of hydrogen-bond donors (Lipinski definition) is 1. The average molecular weight is 420 g/mol. The van der Waals surface area contributed by atoms with Crippen LogP contribution in [0.2, 0.25) is 0 Å². The minimum Gasteiger partial charge on any atom is -0.497 e. The molecule has 0 aliphatic carbocycles. The number of hydrogen-bond acceptors (Lipinski definition) is 5. The van der Waals surface area contributed by atoms with Gasteiger partial charge in [-0.3, -0.25) is 14.9 Å². The van der Waals surface area contributed by atoms with E-state index in [9.17, 15) is 9.59 Å². The lowest BCUT2D eigenvalue weighted by atomic mass is 10.0. The van der Waals surface area contributed by atoms with Crippen LogP contribution >= 0.6 is 11.8 Å². The Bertz CT molecular complexity index is 1030. The first-order valence-corrected chi connectivity index (χ1v) is 10.5. The average Bonchev–Trinajstić information content (AvgIpc) is 3.10. The minimum absolute atomic E-state index is 0.219. The lowest BCUT2D eigenvalue weighted by molar-refractivity contribution is -0.118. The van der Waals surface area contributed by atoms with Crippen molar-refractivity contribution in [1.29, 1.82) is 0 Å². The third kappa shape index (κ3) is 4.83. The first-order chi connectivity index (χ1) is 14.6. The maximum atomic E-state index is 11.7. The molecule has 1 unspecified atom stereocenters. The minimum atomic E-state index is -0.353. The Kier molecular flexibility index (Phi) is 6.05. The van der Waals surface area contributed by atoms with Crippen LogP contribution in [-0.4, -0.2) is 23.5 Å². The highest BCUT2D eigenvalue weighted by atomic mass is 32.2. The van der Waals surface area contributed by atoms with Gasteiger partial charge in [-0.1, -0.05) is 60.3 Å². The molecular formula is C24H21NO4S. The zero-order chi connectivity index (χ0) is 20.9. The van der Waals surface area contributed by atoms with Crippen molar-refractivity contribution in [3.63, 3.8) is 0 Å². The summed E-state index contributed by atoms with van der Waals surface area (Å²) in [5, 5.41) is 1.68. The monoisotopic (exact) mass is 419 g/mol. The summed E-state index contributed by atoms with van der Waals surface area (Å²) in [7, 11) is 1.66. The van der Waals surface area contributed by atoms with Crippen LogP contribution in [0.25, 0.3) is 11.1 Å². The van der Waals surface area contributed by atoms with E-state index in [2.05, 4.69) is 29.6 Å². The first kappa shape index (κ1) is 20.0. The second-order valence-electron chi connectivity index (χ2n) is 6.95. The summed E-state index contributed by atoms with van der Waals surface area (Å²) in [4.78, 5) is 22.9. The molecule has 0 radical (unpaired) electrons. The van der Waals surface area contributed by atoms with E-state index in [0.717, 1.165) is 45.5 Å². The summed E-state index contributed by atoms with van der Waals surface area (Å²) in [5.74, 6) is 1.38. The summed E-state index contributed by atoms with van der Waals surface area (Å²) >= 11 is 1.04. The number of carbonyl (C=O) groups is 2. The fourth-order valence-corrected chi connectivity index (χ4v) is 4.07. The van der Waals surface area contributed by atoms with Crippen molar-refractivity contribution < 1.29 is 19.1 Å². The Balaban J connectivity index is 1.32. The molecule has 0 bridgehead atoms. The molecule has 1 atom stereocenters. The van der Waals surface area contributed by atoms with Gasteiger partial charge in [-0.25, -0.2) is 0 Å². The fourth-order valence-electron chi connectivity index (χ4n) is 3.21. The van der Waals surface area contributed by atoms with Crippen molar-refractivity contribution in [1.82, 2.24) is 5.32 Å². The summed E-state index contributed by atoms with van der Waals surface area (Å²) < 4.78 is 11.1. The molecule has 1 aliphatic heterocycles. The van der Waals surface area contributed by atoms with Gasteiger partial charge in [0.2, 0.25) is 5.91 Å². The number of amides is 2. The maximum absolute atomic E-state index is 11.7. The summed E-state index contributed by atoms with van der Waals surface area (Å²) in [6.07, 6.45) is 0.523. The molecule has 5 nitrogen and oxygen atoms in total. The number of methoxy groups -OCH3 is 1. The van der Waals surface area contributed by atoms with E-state index in [1.807, 2.05) is 48.5 Å².